The van der Waals surface area contributed by atoms with Gasteiger partial charge in [-0.05, 0) is 79.1 Å². The van der Waals surface area contributed by atoms with Crippen LogP contribution in [-0.2, 0) is 32.4 Å². The minimum atomic E-state index is -4.25. The molecule has 7 nitrogen and oxygen atoms in total. The molecule has 1 N–H and O–H groups in total. The fraction of sp³-hybridized carbons (Fsp3) is 0.395. The molecule has 49 heavy (non-hydrogen) atoms. The molecule has 2 aromatic carbocycles. The average molecular weight is 682 g/mol. The van der Waals surface area contributed by atoms with E-state index in [9.17, 15) is 18.4 Å². The number of para-hydroxylation sites is 1. The lowest BCUT2D eigenvalue weighted by molar-refractivity contribution is -0.126. The van der Waals surface area contributed by atoms with Crippen LogP contribution in [0.4, 0.5) is 19.0 Å². The van der Waals surface area contributed by atoms with E-state index in [1.165, 1.54) is 22.1 Å². The molecule has 4 aromatic heterocycles. The van der Waals surface area contributed by atoms with E-state index in [1.54, 1.807) is 6.07 Å². The van der Waals surface area contributed by atoms with Crippen LogP contribution in [0.3, 0.4) is 0 Å². The molecule has 2 saturated heterocycles. The number of likely N-dealkylation sites (tertiary alicyclic amines) is 1. The van der Waals surface area contributed by atoms with E-state index in [0.29, 0.717) is 22.8 Å². The van der Waals surface area contributed by atoms with Gasteiger partial charge >= 0.3 is 6.18 Å². The van der Waals surface area contributed by atoms with Crippen molar-refractivity contribution < 1.29 is 13.2 Å². The highest BCUT2D eigenvalue weighted by atomic mass is 32.1. The van der Waals surface area contributed by atoms with Crippen LogP contribution in [0.25, 0.3) is 32.0 Å². The van der Waals surface area contributed by atoms with Crippen LogP contribution in [0.2, 0.25) is 0 Å². The molecule has 8 rings (SSSR count). The van der Waals surface area contributed by atoms with Gasteiger partial charge in [0.25, 0.3) is 0 Å². The Bertz CT molecular complexity index is 2240. The quantitative estimate of drug-likeness (QED) is 0.175. The predicted octanol–water partition coefficient (Wildman–Crippen LogP) is 8.32. The fourth-order valence-electron chi connectivity index (χ4n) is 8.15. The smallest absolute Gasteiger partial charge is 0.361 e. The van der Waals surface area contributed by atoms with Crippen molar-refractivity contribution in [2.45, 2.75) is 65.2 Å². The maximum absolute atomic E-state index is 13.2. The van der Waals surface area contributed by atoms with E-state index < -0.39 is 12.6 Å². The number of hydrogen-bond donors (Lipinski definition) is 1. The molecular weight excluding hydrogens is 644 g/mol. The third-order valence-electron chi connectivity index (χ3n) is 10.7. The van der Waals surface area contributed by atoms with E-state index in [-0.39, 0.29) is 10.3 Å². The molecule has 1 atom stereocenters. The number of H-pyrrole nitrogens is 1. The van der Waals surface area contributed by atoms with Crippen molar-refractivity contribution >= 4 is 49.2 Å². The minimum Gasteiger partial charge on any atom is -0.361 e. The summed E-state index contributed by atoms with van der Waals surface area (Å²) >= 11 is 1.13. The number of nitrogens with one attached hydrogen (secondary N) is 1. The normalized spacial score (nSPS) is 18.6. The molecule has 6 heterocycles. The summed E-state index contributed by atoms with van der Waals surface area (Å²) in [6.07, 6.45) is 0.338. The monoisotopic (exact) mass is 681 g/mol. The topological polar surface area (TPSA) is 76.8 Å². The minimum absolute atomic E-state index is 0.117. The van der Waals surface area contributed by atoms with Gasteiger partial charge in [0.1, 0.15) is 28.2 Å². The second-order valence-corrected chi connectivity index (χ2v) is 15.0. The first-order chi connectivity index (χ1) is 23.6. The Morgan fingerprint density at radius 1 is 1.02 bits per heavy atom. The third kappa shape index (κ3) is 5.95. The Balaban J connectivity index is 0.987. The highest BCUT2D eigenvalue weighted by molar-refractivity contribution is 7.18. The number of benzene rings is 2. The van der Waals surface area contributed by atoms with Gasteiger partial charge in [0.2, 0.25) is 0 Å². The zero-order valence-electron chi connectivity index (χ0n) is 27.7. The Morgan fingerprint density at radius 2 is 1.88 bits per heavy atom. The molecule has 2 aliphatic heterocycles. The van der Waals surface area contributed by atoms with Crippen LogP contribution in [-0.4, -0.2) is 56.8 Å². The lowest BCUT2D eigenvalue weighted by Crippen LogP contribution is -2.31. The molecule has 1 unspecified atom stereocenters. The zero-order valence-corrected chi connectivity index (χ0v) is 28.5. The van der Waals surface area contributed by atoms with Gasteiger partial charge in [-0.2, -0.15) is 18.4 Å². The van der Waals surface area contributed by atoms with Crippen molar-refractivity contribution in [1.29, 1.82) is 5.26 Å². The summed E-state index contributed by atoms with van der Waals surface area (Å²) in [7, 11) is 0. The molecule has 6 aromatic rings. The Labute approximate surface area is 287 Å². The van der Waals surface area contributed by atoms with Crippen LogP contribution in [0.15, 0.2) is 54.7 Å². The van der Waals surface area contributed by atoms with Crippen molar-refractivity contribution in [3.05, 3.63) is 87.8 Å². The molecule has 0 amide bonds. The second-order valence-electron chi connectivity index (χ2n) is 13.9. The number of alkyl halides is 3. The third-order valence-corrected chi connectivity index (χ3v) is 11.7. The van der Waals surface area contributed by atoms with E-state index in [1.807, 2.05) is 19.2 Å². The van der Waals surface area contributed by atoms with E-state index in [2.05, 4.69) is 73.7 Å². The van der Waals surface area contributed by atoms with Crippen LogP contribution in [0.5, 0.6) is 0 Å². The van der Waals surface area contributed by atoms with Gasteiger partial charge in [0.05, 0.1) is 11.8 Å². The van der Waals surface area contributed by atoms with E-state index in [4.69, 9.17) is 4.98 Å². The summed E-state index contributed by atoms with van der Waals surface area (Å²) < 4.78 is 41.8. The Morgan fingerprint density at radius 3 is 2.69 bits per heavy atom. The van der Waals surface area contributed by atoms with Crippen molar-refractivity contribution in [3.8, 4) is 6.07 Å². The summed E-state index contributed by atoms with van der Waals surface area (Å²) in [6, 6.07) is 19.0. The van der Waals surface area contributed by atoms with Gasteiger partial charge in [-0.15, -0.1) is 11.3 Å². The fourth-order valence-corrected chi connectivity index (χ4v) is 9.22. The highest BCUT2D eigenvalue weighted by Gasteiger charge is 2.44. The molecule has 11 heteroatoms. The molecule has 1 spiro atoms. The molecule has 0 radical (unpaired) electrons. The zero-order chi connectivity index (χ0) is 33.9. The van der Waals surface area contributed by atoms with Gasteiger partial charge in [-0.25, -0.2) is 9.97 Å². The van der Waals surface area contributed by atoms with Crippen molar-refractivity contribution in [3.63, 3.8) is 0 Å². The maximum atomic E-state index is 13.2. The summed E-state index contributed by atoms with van der Waals surface area (Å²) in [5.74, 6) is 1.46. The number of halogens is 3. The van der Waals surface area contributed by atoms with Gasteiger partial charge in [-0.3, -0.25) is 4.90 Å². The van der Waals surface area contributed by atoms with Crippen LogP contribution in [0.1, 0.15) is 52.9 Å². The largest absolute Gasteiger partial charge is 0.393 e. The van der Waals surface area contributed by atoms with E-state index >= 15 is 0 Å². The number of nitriles is 1. The molecule has 0 aliphatic carbocycles. The lowest BCUT2D eigenvalue weighted by atomic mass is 9.86. The number of aryl methyl sites for hydroxylation is 4. The summed E-state index contributed by atoms with van der Waals surface area (Å²) in [4.78, 5) is 18.6. The number of aromatic nitrogens is 4. The average Bonchev–Trinajstić information content (AvgIpc) is 3.91. The summed E-state index contributed by atoms with van der Waals surface area (Å²) in [5, 5.41) is 13.1. The summed E-state index contributed by atoms with van der Waals surface area (Å²) in [6.45, 7) is 9.35. The van der Waals surface area contributed by atoms with Gasteiger partial charge < -0.3 is 14.5 Å². The highest BCUT2D eigenvalue weighted by Crippen LogP contribution is 2.44. The van der Waals surface area contributed by atoms with Crippen LogP contribution < -0.4 is 4.90 Å². The summed E-state index contributed by atoms with van der Waals surface area (Å²) in [5.41, 5.74) is 6.78. The van der Waals surface area contributed by atoms with Crippen molar-refractivity contribution in [2.24, 2.45) is 5.41 Å². The number of fused-ring (bicyclic) bond motifs is 3. The van der Waals surface area contributed by atoms with E-state index in [0.717, 1.165) is 97.5 Å². The molecular formula is C38H38F3N7S. The second kappa shape index (κ2) is 12.2. The first kappa shape index (κ1) is 31.8. The van der Waals surface area contributed by atoms with Crippen molar-refractivity contribution in [1.82, 2.24) is 24.4 Å². The molecule has 252 valence electrons. The SMILES string of the molecule is CCc1nc(N2CCC3(CCN(Cc4ccc5c(cc(C#N)n5CCc5cccc6cc[nH]c56)c4C)C3)C2)c2cc(CC(F)(F)F)sc2n1. The van der Waals surface area contributed by atoms with Crippen molar-refractivity contribution in [2.75, 3.05) is 31.1 Å². The standard InChI is InChI=1S/C38H38F3N7S/c1-3-33-44-35(31-18-29(19-38(39,40)41)49-36(31)45-33)47-16-12-37(23-47)11-15-46(22-37)21-27-7-8-32-30(24(27)2)17-28(20-42)48(32)14-10-26-6-4-5-25-9-13-43-34(25)26/h4-9,13,17-18,43H,3,10-12,14-16,19,21-23H2,1-2H3. The molecule has 2 aliphatic rings. The number of aromatic amines is 1. The Kier molecular flexibility index (Phi) is 7.91. The molecule has 2 fully saturated rings. The van der Waals surface area contributed by atoms with Crippen LogP contribution >= 0.6 is 11.3 Å². The first-order valence-electron chi connectivity index (χ1n) is 17.0. The van der Waals surface area contributed by atoms with Gasteiger partial charge in [0.15, 0.2) is 0 Å². The maximum Gasteiger partial charge on any atom is 0.393 e. The number of nitrogens with zero attached hydrogens (tertiary/aromatic N) is 6. The number of rotatable bonds is 8. The lowest BCUT2D eigenvalue weighted by Gasteiger charge is -2.26. The molecule has 0 bridgehead atoms. The first-order valence-corrected chi connectivity index (χ1v) is 17.8. The predicted molar refractivity (Wildman–Crippen MR) is 189 cm³/mol. The van der Waals surface area contributed by atoms with Gasteiger partial charge in [0, 0.05) is 72.1 Å². The Hall–Kier alpha value is -4.40. The number of thiophene rings is 1. The van der Waals surface area contributed by atoms with Gasteiger partial charge in [-0.1, -0.05) is 31.2 Å². The van der Waals surface area contributed by atoms with Crippen LogP contribution in [0, 0.1) is 23.7 Å². The molecule has 0 saturated carbocycles. The number of anilines is 1. The number of hydrogen-bond acceptors (Lipinski definition) is 6.